The number of nitrogens with one attached hydrogen (secondary N) is 1. The minimum atomic E-state index is -3.55. The van der Waals surface area contributed by atoms with Crippen molar-refractivity contribution in [1.82, 2.24) is 4.72 Å². The minimum Gasteiger partial charge on any atom is -0.478 e. The minimum absolute atomic E-state index is 0.00413. The molecule has 104 valence electrons. The maximum absolute atomic E-state index is 12.2. The van der Waals surface area contributed by atoms with Crippen molar-refractivity contribution < 1.29 is 18.3 Å². The van der Waals surface area contributed by atoms with E-state index in [1.54, 1.807) is 6.92 Å². The first kappa shape index (κ1) is 14.0. The molecule has 0 radical (unpaired) electrons. The van der Waals surface area contributed by atoms with Crippen LogP contribution in [0, 0.1) is 6.92 Å². The fraction of sp³-hybridized carbons (Fsp3) is 0.462. The largest absolute Gasteiger partial charge is 0.478 e. The van der Waals surface area contributed by atoms with Gasteiger partial charge in [0.25, 0.3) is 0 Å². The van der Waals surface area contributed by atoms with Gasteiger partial charge in [-0.05, 0) is 43.5 Å². The van der Waals surface area contributed by atoms with E-state index in [0.29, 0.717) is 5.56 Å². The molecule has 1 aliphatic rings. The molecule has 0 spiro atoms. The number of rotatable bonds is 4. The van der Waals surface area contributed by atoms with Crippen molar-refractivity contribution in [1.29, 1.82) is 0 Å². The first-order valence-corrected chi connectivity index (χ1v) is 7.75. The number of benzene rings is 1. The molecule has 0 aromatic heterocycles. The summed E-state index contributed by atoms with van der Waals surface area (Å²) in [5.74, 6) is -1.05. The SMILES string of the molecule is Cc1cc(S(=O)(=O)NC2CCCC2)ccc1C(=O)O. The van der Waals surface area contributed by atoms with E-state index in [-0.39, 0.29) is 16.5 Å². The third-order valence-electron chi connectivity index (χ3n) is 3.42. The third-order valence-corrected chi connectivity index (χ3v) is 4.93. The molecule has 1 fully saturated rings. The fourth-order valence-electron chi connectivity index (χ4n) is 2.37. The molecule has 1 aliphatic carbocycles. The Hall–Kier alpha value is -1.40. The third kappa shape index (κ3) is 3.13. The van der Waals surface area contributed by atoms with Gasteiger partial charge in [0, 0.05) is 6.04 Å². The van der Waals surface area contributed by atoms with Gasteiger partial charge in [-0.15, -0.1) is 0 Å². The smallest absolute Gasteiger partial charge is 0.335 e. The van der Waals surface area contributed by atoms with E-state index < -0.39 is 16.0 Å². The normalized spacial score (nSPS) is 16.7. The van der Waals surface area contributed by atoms with Crippen LogP contribution in [-0.4, -0.2) is 25.5 Å². The molecule has 1 aromatic carbocycles. The molecule has 0 amide bonds. The lowest BCUT2D eigenvalue weighted by atomic mass is 10.1. The number of carboxylic acids is 1. The Bertz CT molecular complexity index is 589. The molecule has 0 unspecified atom stereocenters. The van der Waals surface area contributed by atoms with Gasteiger partial charge < -0.3 is 5.11 Å². The van der Waals surface area contributed by atoms with Crippen molar-refractivity contribution in [2.45, 2.75) is 43.5 Å². The molecule has 0 saturated heterocycles. The summed E-state index contributed by atoms with van der Waals surface area (Å²) in [5, 5.41) is 8.92. The van der Waals surface area contributed by atoms with Crippen LogP contribution in [0.3, 0.4) is 0 Å². The van der Waals surface area contributed by atoms with E-state index in [9.17, 15) is 13.2 Å². The first-order chi connectivity index (χ1) is 8.90. The second-order valence-electron chi connectivity index (χ2n) is 4.88. The molecule has 0 heterocycles. The molecule has 0 bridgehead atoms. The molecule has 5 nitrogen and oxygen atoms in total. The molecule has 6 heteroatoms. The van der Waals surface area contributed by atoms with E-state index in [2.05, 4.69) is 4.72 Å². The zero-order valence-corrected chi connectivity index (χ0v) is 11.5. The molecular formula is C13H17NO4S. The van der Waals surface area contributed by atoms with E-state index in [1.807, 2.05) is 0 Å². The number of carboxylic acid groups (broad SMARTS) is 1. The van der Waals surface area contributed by atoms with Crippen molar-refractivity contribution in [2.24, 2.45) is 0 Å². The van der Waals surface area contributed by atoms with Crippen LogP contribution in [0.15, 0.2) is 23.1 Å². The molecule has 1 aromatic rings. The molecule has 0 aliphatic heterocycles. The van der Waals surface area contributed by atoms with E-state index >= 15 is 0 Å². The van der Waals surface area contributed by atoms with Gasteiger partial charge in [-0.2, -0.15) is 0 Å². The van der Waals surface area contributed by atoms with Crippen LogP contribution in [-0.2, 0) is 10.0 Å². The number of carbonyl (C=O) groups is 1. The molecule has 0 atom stereocenters. The summed E-state index contributed by atoms with van der Waals surface area (Å²) in [6.07, 6.45) is 3.82. The molecule has 19 heavy (non-hydrogen) atoms. The van der Waals surface area contributed by atoms with Crippen LogP contribution in [0.25, 0.3) is 0 Å². The Morgan fingerprint density at radius 2 is 1.95 bits per heavy atom. The topological polar surface area (TPSA) is 83.5 Å². The van der Waals surface area contributed by atoms with E-state index in [0.717, 1.165) is 25.7 Å². The summed E-state index contributed by atoms with van der Waals surface area (Å²) in [6, 6.07) is 4.08. The summed E-state index contributed by atoms with van der Waals surface area (Å²) in [5.41, 5.74) is 0.571. The van der Waals surface area contributed by atoms with E-state index in [1.165, 1.54) is 18.2 Å². The van der Waals surface area contributed by atoms with Gasteiger partial charge >= 0.3 is 5.97 Å². The number of aromatic carboxylic acids is 1. The van der Waals surface area contributed by atoms with Crippen molar-refractivity contribution in [3.05, 3.63) is 29.3 Å². The zero-order valence-electron chi connectivity index (χ0n) is 10.7. The Morgan fingerprint density at radius 3 is 2.47 bits per heavy atom. The lowest BCUT2D eigenvalue weighted by Gasteiger charge is -2.13. The number of aryl methyl sites for hydroxylation is 1. The van der Waals surface area contributed by atoms with Gasteiger partial charge in [-0.3, -0.25) is 0 Å². The summed E-state index contributed by atoms with van der Waals surface area (Å²) < 4.78 is 27.0. The van der Waals surface area contributed by atoms with Crippen LogP contribution >= 0.6 is 0 Å². The highest BCUT2D eigenvalue weighted by atomic mass is 32.2. The number of hydrogen-bond donors (Lipinski definition) is 2. The Morgan fingerprint density at radius 1 is 1.32 bits per heavy atom. The van der Waals surface area contributed by atoms with Crippen molar-refractivity contribution >= 4 is 16.0 Å². The van der Waals surface area contributed by atoms with Gasteiger partial charge in [0.05, 0.1) is 10.5 Å². The van der Waals surface area contributed by atoms with Crippen molar-refractivity contribution in [3.63, 3.8) is 0 Å². The lowest BCUT2D eigenvalue weighted by molar-refractivity contribution is 0.0696. The summed E-state index contributed by atoms with van der Waals surface area (Å²) in [6.45, 7) is 1.60. The zero-order chi connectivity index (χ0) is 14.0. The fourth-order valence-corrected chi connectivity index (χ4v) is 3.76. The van der Waals surface area contributed by atoms with Crippen molar-refractivity contribution in [3.8, 4) is 0 Å². The second-order valence-corrected chi connectivity index (χ2v) is 6.60. The summed E-state index contributed by atoms with van der Waals surface area (Å²) in [7, 11) is -3.55. The predicted octanol–water partition coefficient (Wildman–Crippen LogP) is 1.91. The average Bonchev–Trinajstić information content (AvgIpc) is 2.80. The van der Waals surface area contributed by atoms with Crippen LogP contribution in [0.4, 0.5) is 0 Å². The summed E-state index contributed by atoms with van der Waals surface area (Å²) >= 11 is 0. The Labute approximate surface area is 112 Å². The van der Waals surface area contributed by atoms with Gasteiger partial charge in [0.15, 0.2) is 0 Å². The average molecular weight is 283 g/mol. The standard InChI is InChI=1S/C13H17NO4S/c1-9-8-11(6-7-12(9)13(15)16)19(17,18)14-10-4-2-3-5-10/h6-8,10,14H,2-5H2,1H3,(H,15,16). The molecule has 2 N–H and O–H groups in total. The van der Waals surface area contributed by atoms with Gasteiger partial charge in [-0.25, -0.2) is 17.9 Å². The van der Waals surface area contributed by atoms with Crippen LogP contribution in [0.2, 0.25) is 0 Å². The number of sulfonamides is 1. The quantitative estimate of drug-likeness (QED) is 0.884. The van der Waals surface area contributed by atoms with E-state index in [4.69, 9.17) is 5.11 Å². The second kappa shape index (κ2) is 5.30. The first-order valence-electron chi connectivity index (χ1n) is 6.26. The van der Waals surface area contributed by atoms with Crippen LogP contribution in [0.1, 0.15) is 41.6 Å². The number of hydrogen-bond acceptors (Lipinski definition) is 3. The monoisotopic (exact) mass is 283 g/mol. The maximum atomic E-state index is 12.2. The lowest BCUT2D eigenvalue weighted by Crippen LogP contribution is -2.32. The Kier molecular flexibility index (Phi) is 3.91. The molecular weight excluding hydrogens is 266 g/mol. The van der Waals surface area contributed by atoms with Gasteiger partial charge in [0.1, 0.15) is 0 Å². The Balaban J connectivity index is 2.25. The highest BCUT2D eigenvalue weighted by Crippen LogP contribution is 2.21. The highest BCUT2D eigenvalue weighted by molar-refractivity contribution is 7.89. The van der Waals surface area contributed by atoms with Crippen LogP contribution in [0.5, 0.6) is 0 Å². The van der Waals surface area contributed by atoms with Crippen molar-refractivity contribution in [2.75, 3.05) is 0 Å². The summed E-state index contributed by atoms with van der Waals surface area (Å²) in [4.78, 5) is 11.0. The molecule has 1 saturated carbocycles. The maximum Gasteiger partial charge on any atom is 0.335 e. The van der Waals surface area contributed by atoms with Crippen LogP contribution < -0.4 is 4.72 Å². The molecule has 2 rings (SSSR count). The highest BCUT2D eigenvalue weighted by Gasteiger charge is 2.23. The van der Waals surface area contributed by atoms with Gasteiger partial charge in [-0.1, -0.05) is 12.8 Å². The predicted molar refractivity (Wildman–Crippen MR) is 70.7 cm³/mol. The van der Waals surface area contributed by atoms with Gasteiger partial charge in [0.2, 0.25) is 10.0 Å².